The highest BCUT2D eigenvalue weighted by atomic mass is 79.9. The van der Waals surface area contributed by atoms with Crippen LogP contribution >= 0.6 is 27.5 Å². The zero-order chi connectivity index (χ0) is 13.8. The molecule has 0 spiro atoms. The fraction of sp³-hybridized carbons (Fsp3) is 0.143. The number of anilines is 1. The third-order valence-corrected chi connectivity index (χ3v) is 3.75. The van der Waals surface area contributed by atoms with E-state index < -0.39 is 0 Å². The molecule has 2 aromatic rings. The minimum absolute atomic E-state index is 0.323. The number of halogens is 3. The summed E-state index contributed by atoms with van der Waals surface area (Å²) in [5.74, 6) is 0.446. The second kappa shape index (κ2) is 6.26. The van der Waals surface area contributed by atoms with E-state index in [4.69, 9.17) is 16.3 Å². The van der Waals surface area contributed by atoms with Gasteiger partial charge in [0.15, 0.2) is 0 Å². The van der Waals surface area contributed by atoms with E-state index in [0.717, 1.165) is 15.8 Å². The van der Waals surface area contributed by atoms with Crippen LogP contribution in [0, 0.1) is 5.82 Å². The number of methoxy groups -OCH3 is 1. The first-order valence-electron chi connectivity index (χ1n) is 5.61. The second-order valence-electron chi connectivity index (χ2n) is 3.94. The summed E-state index contributed by atoms with van der Waals surface area (Å²) in [4.78, 5) is 0. The summed E-state index contributed by atoms with van der Waals surface area (Å²) in [6, 6.07) is 9.90. The van der Waals surface area contributed by atoms with Gasteiger partial charge in [-0.15, -0.1) is 0 Å². The van der Waals surface area contributed by atoms with Gasteiger partial charge in [-0.3, -0.25) is 0 Å². The number of hydrogen-bond donors (Lipinski definition) is 1. The van der Waals surface area contributed by atoms with Crippen LogP contribution in [0.1, 0.15) is 5.56 Å². The van der Waals surface area contributed by atoms with Gasteiger partial charge in [0.1, 0.15) is 11.6 Å². The molecule has 2 nitrogen and oxygen atoms in total. The molecule has 2 rings (SSSR count). The van der Waals surface area contributed by atoms with Gasteiger partial charge in [0.2, 0.25) is 0 Å². The van der Waals surface area contributed by atoms with Gasteiger partial charge in [-0.1, -0.05) is 27.5 Å². The number of rotatable bonds is 4. The van der Waals surface area contributed by atoms with Gasteiger partial charge >= 0.3 is 0 Å². The SMILES string of the molecule is COc1ccc(Br)c(CNc2cc(F)ccc2Cl)c1. The highest BCUT2D eigenvalue weighted by Gasteiger charge is 2.05. The predicted octanol–water partition coefficient (Wildman–Crippen LogP) is 4.86. The molecule has 0 saturated carbocycles. The van der Waals surface area contributed by atoms with Crippen LogP contribution in [0.5, 0.6) is 5.75 Å². The highest BCUT2D eigenvalue weighted by Crippen LogP contribution is 2.26. The van der Waals surface area contributed by atoms with Crippen molar-refractivity contribution in [2.45, 2.75) is 6.54 Å². The molecule has 0 aliphatic rings. The number of benzene rings is 2. The lowest BCUT2D eigenvalue weighted by atomic mass is 10.2. The molecule has 19 heavy (non-hydrogen) atoms. The second-order valence-corrected chi connectivity index (χ2v) is 5.20. The molecular weight excluding hydrogens is 333 g/mol. The fourth-order valence-corrected chi connectivity index (χ4v) is 2.21. The Morgan fingerprint density at radius 1 is 1.26 bits per heavy atom. The van der Waals surface area contributed by atoms with Crippen molar-refractivity contribution in [1.82, 2.24) is 0 Å². The lowest BCUT2D eigenvalue weighted by molar-refractivity contribution is 0.414. The van der Waals surface area contributed by atoms with Crippen LogP contribution < -0.4 is 10.1 Å². The van der Waals surface area contributed by atoms with Gasteiger partial charge in [-0.2, -0.15) is 0 Å². The molecule has 0 bridgehead atoms. The summed E-state index contributed by atoms with van der Waals surface area (Å²) in [5, 5.41) is 3.59. The Hall–Kier alpha value is -1.26. The Morgan fingerprint density at radius 2 is 2.05 bits per heavy atom. The standard InChI is InChI=1S/C14H12BrClFNO/c1-19-11-3-4-12(15)9(6-11)8-18-14-7-10(17)2-5-13(14)16/h2-7,18H,8H2,1H3. The largest absolute Gasteiger partial charge is 0.497 e. The molecule has 0 fully saturated rings. The average molecular weight is 345 g/mol. The maximum Gasteiger partial charge on any atom is 0.125 e. The van der Waals surface area contributed by atoms with Gasteiger partial charge in [0, 0.05) is 11.0 Å². The zero-order valence-corrected chi connectivity index (χ0v) is 12.6. The van der Waals surface area contributed by atoms with E-state index in [1.54, 1.807) is 7.11 Å². The van der Waals surface area contributed by atoms with Crippen LogP contribution in [0.4, 0.5) is 10.1 Å². The summed E-state index contributed by atoms with van der Waals surface area (Å²) >= 11 is 9.46. The Balaban J connectivity index is 2.16. The molecule has 2 aromatic carbocycles. The van der Waals surface area contributed by atoms with Gasteiger partial charge in [-0.05, 0) is 42.0 Å². The molecule has 0 aromatic heterocycles. The Morgan fingerprint density at radius 3 is 2.79 bits per heavy atom. The first-order chi connectivity index (χ1) is 9.10. The Labute approximate surface area is 124 Å². The van der Waals surface area contributed by atoms with E-state index >= 15 is 0 Å². The van der Waals surface area contributed by atoms with Crippen molar-refractivity contribution in [2.75, 3.05) is 12.4 Å². The van der Waals surface area contributed by atoms with E-state index in [9.17, 15) is 4.39 Å². The quantitative estimate of drug-likeness (QED) is 0.855. The maximum absolute atomic E-state index is 13.1. The van der Waals surface area contributed by atoms with E-state index in [1.807, 2.05) is 18.2 Å². The van der Waals surface area contributed by atoms with Crippen LogP contribution in [0.2, 0.25) is 5.02 Å². The van der Waals surface area contributed by atoms with Crippen LogP contribution in [-0.2, 0) is 6.54 Å². The minimum atomic E-state index is -0.323. The van der Waals surface area contributed by atoms with Gasteiger partial charge < -0.3 is 10.1 Å². The number of hydrogen-bond acceptors (Lipinski definition) is 2. The molecular formula is C14H12BrClFNO. The molecule has 1 N–H and O–H groups in total. The molecule has 100 valence electrons. The molecule has 0 atom stereocenters. The minimum Gasteiger partial charge on any atom is -0.497 e. The molecule has 0 radical (unpaired) electrons. The fourth-order valence-electron chi connectivity index (χ4n) is 1.64. The number of nitrogens with one attached hydrogen (secondary N) is 1. The summed E-state index contributed by atoms with van der Waals surface area (Å²) in [6.07, 6.45) is 0. The van der Waals surface area contributed by atoms with E-state index in [1.165, 1.54) is 18.2 Å². The molecule has 0 unspecified atom stereocenters. The third-order valence-electron chi connectivity index (χ3n) is 2.65. The number of ether oxygens (including phenoxy) is 1. The van der Waals surface area contributed by atoms with Crippen LogP contribution in [0.25, 0.3) is 0 Å². The smallest absolute Gasteiger partial charge is 0.125 e. The topological polar surface area (TPSA) is 21.3 Å². The predicted molar refractivity (Wildman–Crippen MR) is 79.4 cm³/mol. The van der Waals surface area contributed by atoms with Crippen molar-refractivity contribution in [1.29, 1.82) is 0 Å². The first kappa shape index (κ1) is 14.2. The normalized spacial score (nSPS) is 10.3. The van der Waals surface area contributed by atoms with Crippen molar-refractivity contribution < 1.29 is 9.13 Å². The third kappa shape index (κ3) is 3.61. The molecule has 0 amide bonds. The van der Waals surface area contributed by atoms with Crippen LogP contribution in [0.3, 0.4) is 0 Å². The maximum atomic E-state index is 13.1. The lowest BCUT2D eigenvalue weighted by Crippen LogP contribution is -2.01. The molecule has 0 aliphatic heterocycles. The molecule has 0 aliphatic carbocycles. The van der Waals surface area contributed by atoms with Crippen LogP contribution in [-0.4, -0.2) is 7.11 Å². The Kier molecular flexibility index (Phi) is 4.66. The average Bonchev–Trinajstić information content (AvgIpc) is 2.41. The van der Waals surface area contributed by atoms with E-state index in [0.29, 0.717) is 17.3 Å². The van der Waals surface area contributed by atoms with Crippen molar-refractivity contribution in [3.05, 3.63) is 57.3 Å². The monoisotopic (exact) mass is 343 g/mol. The molecule has 0 saturated heterocycles. The van der Waals surface area contributed by atoms with E-state index in [-0.39, 0.29) is 5.82 Å². The van der Waals surface area contributed by atoms with Crippen molar-refractivity contribution in [3.63, 3.8) is 0 Å². The Bertz CT molecular complexity index is 592. The highest BCUT2D eigenvalue weighted by molar-refractivity contribution is 9.10. The van der Waals surface area contributed by atoms with E-state index in [2.05, 4.69) is 21.2 Å². The summed E-state index contributed by atoms with van der Waals surface area (Å²) in [6.45, 7) is 0.515. The molecule has 5 heteroatoms. The van der Waals surface area contributed by atoms with Crippen LogP contribution in [0.15, 0.2) is 40.9 Å². The zero-order valence-electron chi connectivity index (χ0n) is 10.2. The first-order valence-corrected chi connectivity index (χ1v) is 6.78. The van der Waals surface area contributed by atoms with Crippen molar-refractivity contribution in [2.24, 2.45) is 0 Å². The molecule has 0 heterocycles. The summed E-state index contributed by atoms with van der Waals surface area (Å²) in [7, 11) is 1.61. The lowest BCUT2D eigenvalue weighted by Gasteiger charge is -2.11. The summed E-state index contributed by atoms with van der Waals surface area (Å²) in [5.41, 5.74) is 1.57. The van der Waals surface area contributed by atoms with Gasteiger partial charge in [0.05, 0.1) is 17.8 Å². The van der Waals surface area contributed by atoms with Crippen molar-refractivity contribution >= 4 is 33.2 Å². The van der Waals surface area contributed by atoms with Crippen molar-refractivity contribution in [3.8, 4) is 5.75 Å². The summed E-state index contributed by atoms with van der Waals surface area (Å²) < 4.78 is 19.3. The van der Waals surface area contributed by atoms with Gasteiger partial charge in [-0.25, -0.2) is 4.39 Å². The van der Waals surface area contributed by atoms with Gasteiger partial charge in [0.25, 0.3) is 0 Å².